The van der Waals surface area contributed by atoms with Crippen molar-refractivity contribution < 1.29 is 13.3 Å². The van der Waals surface area contributed by atoms with Crippen LogP contribution in [-0.2, 0) is 10.0 Å². The van der Waals surface area contributed by atoms with Crippen LogP contribution in [-0.4, -0.2) is 27.9 Å². The second-order valence-corrected chi connectivity index (χ2v) is 11.3. The van der Waals surface area contributed by atoms with Crippen LogP contribution < -0.4 is 10.0 Å². The van der Waals surface area contributed by atoms with Gasteiger partial charge in [-0.15, -0.1) is 0 Å². The lowest BCUT2D eigenvalue weighted by atomic mass is 10.1. The van der Waals surface area contributed by atoms with Gasteiger partial charge in [-0.1, -0.05) is 54.1 Å². The van der Waals surface area contributed by atoms with E-state index in [1.54, 1.807) is 24.3 Å². The van der Waals surface area contributed by atoms with Gasteiger partial charge in [0.15, 0.2) is 0 Å². The van der Waals surface area contributed by atoms with E-state index in [9.17, 15) is 18.5 Å². The molecule has 0 unspecified atom stereocenters. The van der Waals surface area contributed by atoms with Crippen LogP contribution >= 0.6 is 11.6 Å². The first-order valence-corrected chi connectivity index (χ1v) is 14.5. The van der Waals surface area contributed by atoms with Crippen LogP contribution in [0.1, 0.15) is 0 Å². The fourth-order valence-electron chi connectivity index (χ4n) is 4.54. The van der Waals surface area contributed by atoms with E-state index in [0.717, 1.165) is 34.3 Å². The molecule has 4 aromatic carbocycles. The average molecular weight is 597 g/mol. The standard InChI is InChI=1S/C30H21ClN6O4S/c31-27-18-32-30(34-29(27)26-19-36(22-9-2-1-3-10-22)28-12-5-4-11-25(26)28)33-20-7-6-8-21(17-20)35-42(40,41)24-15-13-23(14-16-24)37(38)39/h1-19,35H,(H,32,33,34). The van der Waals surface area contributed by atoms with E-state index < -0.39 is 14.9 Å². The fraction of sp³-hybridized carbons (Fsp3) is 0. The molecule has 0 atom stereocenters. The zero-order valence-corrected chi connectivity index (χ0v) is 23.3. The number of nitrogens with zero attached hydrogens (tertiary/aromatic N) is 4. The van der Waals surface area contributed by atoms with Gasteiger partial charge < -0.3 is 9.88 Å². The molecule has 42 heavy (non-hydrogen) atoms. The second-order valence-electron chi connectivity index (χ2n) is 9.22. The highest BCUT2D eigenvalue weighted by atomic mass is 35.5. The number of aromatic nitrogens is 3. The molecule has 0 aliphatic carbocycles. The smallest absolute Gasteiger partial charge is 0.269 e. The van der Waals surface area contributed by atoms with Crippen molar-refractivity contribution in [3.8, 4) is 16.9 Å². The van der Waals surface area contributed by atoms with E-state index >= 15 is 0 Å². The summed E-state index contributed by atoms with van der Waals surface area (Å²) in [4.78, 5) is 19.2. The van der Waals surface area contributed by atoms with Gasteiger partial charge in [-0.25, -0.2) is 18.4 Å². The summed E-state index contributed by atoms with van der Waals surface area (Å²) in [5, 5.41) is 15.4. The molecule has 0 saturated carbocycles. The number of halogens is 1. The van der Waals surface area contributed by atoms with Crippen LogP contribution in [0.4, 0.5) is 23.0 Å². The summed E-state index contributed by atoms with van der Waals surface area (Å²) in [5.74, 6) is 0.265. The molecule has 0 spiro atoms. The molecule has 0 aliphatic rings. The largest absolute Gasteiger partial charge is 0.324 e. The summed E-state index contributed by atoms with van der Waals surface area (Å²) < 4.78 is 30.3. The Balaban J connectivity index is 1.29. The summed E-state index contributed by atoms with van der Waals surface area (Å²) >= 11 is 6.60. The lowest BCUT2D eigenvalue weighted by Gasteiger charge is -2.11. The van der Waals surface area contributed by atoms with Gasteiger partial charge in [0.1, 0.15) is 0 Å². The zero-order chi connectivity index (χ0) is 29.3. The Bertz CT molecular complexity index is 2050. The molecule has 10 nitrogen and oxygen atoms in total. The van der Waals surface area contributed by atoms with Gasteiger partial charge in [0, 0.05) is 40.7 Å². The third kappa shape index (κ3) is 5.38. The van der Waals surface area contributed by atoms with E-state index in [1.807, 2.05) is 60.8 Å². The van der Waals surface area contributed by atoms with Gasteiger partial charge >= 0.3 is 0 Å². The number of nitro groups is 1. The number of anilines is 3. The highest BCUT2D eigenvalue weighted by Crippen LogP contribution is 2.35. The van der Waals surface area contributed by atoms with E-state index in [0.29, 0.717) is 16.4 Å². The number of non-ortho nitro benzene ring substituents is 1. The second kappa shape index (κ2) is 11.0. The third-order valence-corrected chi connectivity index (χ3v) is 8.15. The lowest BCUT2D eigenvalue weighted by molar-refractivity contribution is -0.384. The topological polar surface area (TPSA) is 132 Å². The van der Waals surface area contributed by atoms with Crippen LogP contribution in [0.3, 0.4) is 0 Å². The van der Waals surface area contributed by atoms with Gasteiger partial charge in [-0.2, -0.15) is 0 Å². The molecule has 2 heterocycles. The van der Waals surface area contributed by atoms with E-state index in [-0.39, 0.29) is 22.2 Å². The molecule has 2 N–H and O–H groups in total. The summed E-state index contributed by atoms with van der Waals surface area (Å²) in [6.45, 7) is 0. The average Bonchev–Trinajstić information content (AvgIpc) is 3.38. The van der Waals surface area contributed by atoms with Gasteiger partial charge in [0.2, 0.25) is 5.95 Å². The summed E-state index contributed by atoms with van der Waals surface area (Å²) in [6, 6.07) is 29.1. The SMILES string of the molecule is O=[N+]([O-])c1ccc(S(=O)(=O)Nc2cccc(Nc3ncc(Cl)c(-c4cn(-c5ccccc5)c5ccccc45)n3)c2)cc1. The molecule has 0 bridgehead atoms. The minimum absolute atomic E-state index is 0.105. The fourth-order valence-corrected chi connectivity index (χ4v) is 5.78. The van der Waals surface area contributed by atoms with Crippen molar-refractivity contribution >= 4 is 55.5 Å². The first-order chi connectivity index (χ1) is 20.3. The Morgan fingerprint density at radius 2 is 1.57 bits per heavy atom. The predicted octanol–water partition coefficient (Wildman–Crippen LogP) is 7.19. The Morgan fingerprint density at radius 1 is 0.857 bits per heavy atom. The Hall–Kier alpha value is -5.26. The molecule has 6 rings (SSSR count). The zero-order valence-electron chi connectivity index (χ0n) is 21.7. The first kappa shape index (κ1) is 26.9. The molecular formula is C30H21ClN6O4S. The Labute approximate surface area is 245 Å². The van der Waals surface area contributed by atoms with Crippen molar-refractivity contribution in [1.82, 2.24) is 14.5 Å². The predicted molar refractivity (Wildman–Crippen MR) is 163 cm³/mol. The van der Waals surface area contributed by atoms with Crippen molar-refractivity contribution in [2.24, 2.45) is 0 Å². The summed E-state index contributed by atoms with van der Waals surface area (Å²) in [5.41, 5.74) is 3.96. The first-order valence-electron chi connectivity index (χ1n) is 12.6. The highest BCUT2D eigenvalue weighted by Gasteiger charge is 2.18. The monoisotopic (exact) mass is 596 g/mol. The van der Waals surface area contributed by atoms with Gasteiger partial charge in [-0.3, -0.25) is 14.8 Å². The van der Waals surface area contributed by atoms with Crippen LogP contribution in [0.2, 0.25) is 5.02 Å². The van der Waals surface area contributed by atoms with E-state index in [1.165, 1.54) is 18.3 Å². The molecule has 12 heteroatoms. The number of para-hydroxylation sites is 2. The van der Waals surface area contributed by atoms with Crippen molar-refractivity contribution in [3.63, 3.8) is 0 Å². The van der Waals surface area contributed by atoms with Crippen molar-refractivity contribution in [2.45, 2.75) is 4.90 Å². The number of hydrogen-bond acceptors (Lipinski definition) is 7. The van der Waals surface area contributed by atoms with Gasteiger partial charge in [-0.05, 0) is 48.5 Å². The highest BCUT2D eigenvalue weighted by molar-refractivity contribution is 7.92. The maximum absolute atomic E-state index is 12.9. The number of benzene rings is 4. The van der Waals surface area contributed by atoms with Crippen molar-refractivity contribution in [1.29, 1.82) is 0 Å². The molecule has 2 aromatic heterocycles. The third-order valence-electron chi connectivity index (χ3n) is 6.47. The van der Waals surface area contributed by atoms with Crippen LogP contribution in [0.5, 0.6) is 0 Å². The quantitative estimate of drug-likeness (QED) is 0.140. The summed E-state index contributed by atoms with van der Waals surface area (Å²) in [7, 11) is -3.99. The maximum atomic E-state index is 12.9. The minimum atomic E-state index is -3.99. The van der Waals surface area contributed by atoms with E-state index in [4.69, 9.17) is 16.6 Å². The van der Waals surface area contributed by atoms with Crippen LogP contribution in [0.25, 0.3) is 27.8 Å². The minimum Gasteiger partial charge on any atom is -0.324 e. The van der Waals surface area contributed by atoms with Crippen LogP contribution in [0.15, 0.2) is 120 Å². The number of hydrogen-bond donors (Lipinski definition) is 2. The number of fused-ring (bicyclic) bond motifs is 1. The van der Waals surface area contributed by atoms with Crippen molar-refractivity contribution in [2.75, 3.05) is 10.0 Å². The number of rotatable bonds is 8. The van der Waals surface area contributed by atoms with Crippen LogP contribution in [0, 0.1) is 10.1 Å². The molecule has 0 saturated heterocycles. The molecule has 0 amide bonds. The lowest BCUT2D eigenvalue weighted by Crippen LogP contribution is -2.13. The number of nitrogens with one attached hydrogen (secondary N) is 2. The maximum Gasteiger partial charge on any atom is 0.269 e. The van der Waals surface area contributed by atoms with Crippen molar-refractivity contribution in [3.05, 3.63) is 131 Å². The molecular weight excluding hydrogens is 576 g/mol. The Kier molecular flexibility index (Phi) is 7.03. The van der Waals surface area contributed by atoms with Gasteiger partial charge in [0.05, 0.1) is 37.9 Å². The molecule has 0 radical (unpaired) electrons. The summed E-state index contributed by atoms with van der Waals surface area (Å²) in [6.07, 6.45) is 3.51. The molecule has 0 aliphatic heterocycles. The van der Waals surface area contributed by atoms with E-state index in [2.05, 4.69) is 19.6 Å². The molecule has 0 fully saturated rings. The molecule has 208 valence electrons. The molecule has 6 aromatic rings. The number of nitro benzene ring substituents is 1. The Morgan fingerprint density at radius 3 is 2.33 bits per heavy atom. The van der Waals surface area contributed by atoms with Gasteiger partial charge in [0.25, 0.3) is 15.7 Å². The normalized spacial score (nSPS) is 11.4. The number of sulfonamides is 1.